The number of carbonyl (C=O) groups is 1. The summed E-state index contributed by atoms with van der Waals surface area (Å²) < 4.78 is 28.4. The third-order valence-corrected chi connectivity index (χ3v) is 7.45. The number of fused-ring (bicyclic) bond motifs is 4. The minimum Gasteiger partial charge on any atom is -0.481 e. The van der Waals surface area contributed by atoms with Crippen LogP contribution in [0.2, 0.25) is 0 Å². The average Bonchev–Trinajstić information content (AvgIpc) is 3.29. The fraction of sp³-hybridized carbons (Fsp3) is 0.308. The van der Waals surface area contributed by atoms with Crippen molar-refractivity contribution in [2.75, 3.05) is 5.32 Å². The molecule has 4 aromatic rings. The molecule has 0 amide bonds. The average molecular weight is 475 g/mol. The monoisotopic (exact) mass is 475 g/mol. The Bertz CT molecular complexity index is 1420. The molecule has 0 radical (unpaired) electrons. The molecule has 7 nitrogen and oxygen atoms in total. The number of nitrogens with one attached hydrogen (secondary N) is 2. The molecule has 7 rings (SSSR count). The number of aliphatic carboxylic acids is 1. The van der Waals surface area contributed by atoms with Crippen LogP contribution in [0.25, 0.3) is 33.5 Å². The van der Waals surface area contributed by atoms with Crippen LogP contribution in [0.5, 0.6) is 0 Å². The predicted molar refractivity (Wildman–Crippen MR) is 126 cm³/mol. The second kappa shape index (κ2) is 8.41. The first-order valence-corrected chi connectivity index (χ1v) is 11.7. The van der Waals surface area contributed by atoms with Crippen molar-refractivity contribution in [3.8, 4) is 22.6 Å². The van der Waals surface area contributed by atoms with E-state index < -0.39 is 23.5 Å². The molecule has 178 valence electrons. The Hall–Kier alpha value is -3.88. The van der Waals surface area contributed by atoms with Crippen LogP contribution in [-0.2, 0) is 4.79 Å². The summed E-state index contributed by atoms with van der Waals surface area (Å²) in [5.41, 5.74) is 1.94. The molecule has 3 aliphatic carbocycles. The number of hydrogen-bond donors (Lipinski definition) is 3. The zero-order valence-electron chi connectivity index (χ0n) is 18.7. The van der Waals surface area contributed by atoms with Gasteiger partial charge in [-0.05, 0) is 55.7 Å². The van der Waals surface area contributed by atoms with Crippen molar-refractivity contribution in [1.29, 1.82) is 0 Å². The van der Waals surface area contributed by atoms with Crippen LogP contribution in [-0.4, -0.2) is 37.1 Å². The van der Waals surface area contributed by atoms with E-state index in [4.69, 9.17) is 0 Å². The zero-order valence-corrected chi connectivity index (χ0v) is 18.7. The maximum absolute atomic E-state index is 14.3. The maximum atomic E-state index is 14.3. The van der Waals surface area contributed by atoms with Gasteiger partial charge in [0.15, 0.2) is 5.82 Å². The first-order valence-electron chi connectivity index (χ1n) is 11.7. The molecule has 0 aliphatic heterocycles. The number of pyridine rings is 1. The molecule has 2 atom stereocenters. The molecule has 1 aromatic carbocycles. The second-order valence-corrected chi connectivity index (χ2v) is 9.43. The van der Waals surface area contributed by atoms with Crippen LogP contribution in [0.4, 0.5) is 14.6 Å². The standard InChI is InChI=1S/C26H23F2N5O2/c27-16-8-17-18(12-30-24(17)19(28)9-16)25-31-20(15-2-1-7-29-11-15)10-21(33-25)32-23-14-5-3-13(4-6-14)22(23)26(34)35/h1-2,7-14,22-23,30H,3-6H2,(H,34,35)(H,31,32,33)/t13?,14?,22-,23-/m1/s1. The number of H-pyrrole nitrogens is 1. The van der Waals surface area contributed by atoms with Gasteiger partial charge in [-0.25, -0.2) is 18.7 Å². The van der Waals surface area contributed by atoms with Gasteiger partial charge in [-0.3, -0.25) is 9.78 Å². The Labute approximate surface area is 199 Å². The van der Waals surface area contributed by atoms with Crippen LogP contribution >= 0.6 is 0 Å². The number of benzene rings is 1. The van der Waals surface area contributed by atoms with Crippen molar-refractivity contribution in [1.82, 2.24) is 19.9 Å². The van der Waals surface area contributed by atoms with E-state index in [-0.39, 0.29) is 29.2 Å². The van der Waals surface area contributed by atoms with Crippen molar-refractivity contribution >= 4 is 22.7 Å². The molecule has 0 saturated heterocycles. The number of aromatic nitrogens is 4. The summed E-state index contributed by atoms with van der Waals surface area (Å²) in [6, 6.07) is 7.26. The number of aromatic amines is 1. The van der Waals surface area contributed by atoms with Crippen LogP contribution < -0.4 is 5.32 Å². The summed E-state index contributed by atoms with van der Waals surface area (Å²) >= 11 is 0. The largest absolute Gasteiger partial charge is 0.481 e. The molecule has 3 fully saturated rings. The zero-order chi connectivity index (χ0) is 24.1. The van der Waals surface area contributed by atoms with E-state index in [1.807, 2.05) is 6.07 Å². The topological polar surface area (TPSA) is 104 Å². The third kappa shape index (κ3) is 3.80. The predicted octanol–water partition coefficient (Wildman–Crippen LogP) is 5.27. The van der Waals surface area contributed by atoms with Gasteiger partial charge in [0.2, 0.25) is 0 Å². The summed E-state index contributed by atoms with van der Waals surface area (Å²) in [6.45, 7) is 0. The molecule has 3 aliphatic rings. The van der Waals surface area contributed by atoms with Crippen LogP contribution in [0.3, 0.4) is 0 Å². The lowest BCUT2D eigenvalue weighted by Crippen LogP contribution is -2.51. The minimum atomic E-state index is -0.791. The van der Waals surface area contributed by atoms with E-state index in [1.54, 1.807) is 30.7 Å². The summed E-state index contributed by atoms with van der Waals surface area (Å²) in [4.78, 5) is 28.5. The van der Waals surface area contributed by atoms with E-state index in [9.17, 15) is 18.7 Å². The molecule has 3 N–H and O–H groups in total. The quantitative estimate of drug-likeness (QED) is 0.364. The summed E-state index contributed by atoms with van der Waals surface area (Å²) in [5, 5.41) is 13.7. The van der Waals surface area contributed by atoms with Crippen molar-refractivity contribution in [2.24, 2.45) is 17.8 Å². The van der Waals surface area contributed by atoms with Gasteiger partial charge in [0.25, 0.3) is 0 Å². The molecule has 9 heteroatoms. The van der Waals surface area contributed by atoms with Gasteiger partial charge in [-0.2, -0.15) is 0 Å². The summed E-state index contributed by atoms with van der Waals surface area (Å²) in [7, 11) is 0. The lowest BCUT2D eigenvalue weighted by molar-refractivity contribution is -0.148. The molecular formula is C26H23F2N5O2. The highest BCUT2D eigenvalue weighted by Gasteiger charge is 2.47. The Morgan fingerprint density at radius 3 is 2.63 bits per heavy atom. The molecule has 3 saturated carbocycles. The Kier molecular flexibility index (Phi) is 5.20. The van der Waals surface area contributed by atoms with Gasteiger partial charge in [0, 0.05) is 53.3 Å². The molecule has 35 heavy (non-hydrogen) atoms. The molecule has 2 bridgehead atoms. The van der Waals surface area contributed by atoms with Gasteiger partial charge < -0.3 is 15.4 Å². The lowest BCUT2D eigenvalue weighted by atomic mass is 9.61. The smallest absolute Gasteiger partial charge is 0.308 e. The highest BCUT2D eigenvalue weighted by molar-refractivity contribution is 5.94. The highest BCUT2D eigenvalue weighted by atomic mass is 19.1. The van der Waals surface area contributed by atoms with Crippen LogP contribution in [0.15, 0.2) is 48.9 Å². The van der Waals surface area contributed by atoms with Crippen LogP contribution in [0.1, 0.15) is 25.7 Å². The molecule has 0 unspecified atom stereocenters. The van der Waals surface area contributed by atoms with Gasteiger partial charge in [-0.1, -0.05) is 0 Å². The highest BCUT2D eigenvalue weighted by Crippen LogP contribution is 2.46. The maximum Gasteiger partial charge on any atom is 0.308 e. The van der Waals surface area contributed by atoms with Crippen LogP contribution in [0, 0.1) is 29.4 Å². The van der Waals surface area contributed by atoms with Crippen molar-refractivity contribution in [3.05, 3.63) is 60.6 Å². The number of hydrogen-bond acceptors (Lipinski definition) is 5. The number of nitrogens with zero attached hydrogens (tertiary/aromatic N) is 3. The van der Waals surface area contributed by atoms with E-state index in [0.29, 0.717) is 22.5 Å². The first-order chi connectivity index (χ1) is 17.0. The third-order valence-electron chi connectivity index (χ3n) is 7.45. The Balaban J connectivity index is 1.47. The number of anilines is 1. The molecular weight excluding hydrogens is 452 g/mol. The van der Waals surface area contributed by atoms with E-state index in [0.717, 1.165) is 37.3 Å². The number of carboxylic acids is 1. The van der Waals surface area contributed by atoms with Gasteiger partial charge in [0.1, 0.15) is 17.5 Å². The molecule has 3 aromatic heterocycles. The normalized spacial score (nSPS) is 23.5. The summed E-state index contributed by atoms with van der Waals surface area (Å²) in [5.74, 6) is -1.52. The number of carboxylic acid groups (broad SMARTS) is 1. The van der Waals surface area contributed by atoms with E-state index >= 15 is 0 Å². The number of rotatable bonds is 5. The van der Waals surface area contributed by atoms with Gasteiger partial charge in [0.05, 0.1) is 17.1 Å². The van der Waals surface area contributed by atoms with Crippen molar-refractivity contribution in [3.63, 3.8) is 0 Å². The van der Waals surface area contributed by atoms with Gasteiger partial charge >= 0.3 is 5.97 Å². The Morgan fingerprint density at radius 1 is 1.09 bits per heavy atom. The fourth-order valence-corrected chi connectivity index (χ4v) is 5.83. The minimum absolute atomic E-state index is 0.147. The summed E-state index contributed by atoms with van der Waals surface area (Å²) in [6.07, 6.45) is 8.73. The second-order valence-electron chi connectivity index (χ2n) is 9.43. The molecule has 0 spiro atoms. The van der Waals surface area contributed by atoms with E-state index in [1.165, 1.54) is 6.07 Å². The lowest BCUT2D eigenvalue weighted by Gasteiger charge is -2.47. The van der Waals surface area contributed by atoms with E-state index in [2.05, 4.69) is 25.3 Å². The Morgan fingerprint density at radius 2 is 1.89 bits per heavy atom. The fourth-order valence-electron chi connectivity index (χ4n) is 5.83. The van der Waals surface area contributed by atoms with Gasteiger partial charge in [-0.15, -0.1) is 0 Å². The van der Waals surface area contributed by atoms with Crippen molar-refractivity contribution in [2.45, 2.75) is 31.7 Å². The number of halogens is 2. The SMILES string of the molecule is O=C(O)[C@@H]1C2CCC(CC2)[C@H]1Nc1cc(-c2cccnc2)nc(-c2c[nH]c3c(F)cc(F)cc23)n1. The molecule has 3 heterocycles. The first kappa shape index (κ1) is 21.6. The van der Waals surface area contributed by atoms with Crippen molar-refractivity contribution < 1.29 is 18.7 Å².